The van der Waals surface area contributed by atoms with Crippen molar-refractivity contribution in [1.29, 1.82) is 0 Å². The minimum atomic E-state index is -2.27. The zero-order valence-corrected chi connectivity index (χ0v) is 18.8. The van der Waals surface area contributed by atoms with Gasteiger partial charge in [-0.3, -0.25) is 0 Å². The summed E-state index contributed by atoms with van der Waals surface area (Å²) in [6, 6.07) is 8.06. The fourth-order valence-corrected chi connectivity index (χ4v) is 3.55. The summed E-state index contributed by atoms with van der Waals surface area (Å²) in [5.74, 6) is -2.64. The molecule has 0 spiro atoms. The lowest BCUT2D eigenvalue weighted by molar-refractivity contribution is -0.165. The molecule has 12 heteroatoms. The number of carbonyl (C=O) groups is 3. The third kappa shape index (κ3) is 8.45. The number of amides is 2. The first-order valence-electron chi connectivity index (χ1n) is 11.2. The van der Waals surface area contributed by atoms with Crippen molar-refractivity contribution in [2.45, 2.75) is 50.1 Å². The van der Waals surface area contributed by atoms with E-state index in [1.165, 1.54) is 5.56 Å². The molecule has 34 heavy (non-hydrogen) atoms. The van der Waals surface area contributed by atoms with E-state index in [0.717, 1.165) is 57.6 Å². The molecule has 1 aromatic rings. The Morgan fingerprint density at radius 3 is 2.47 bits per heavy atom. The molecule has 0 saturated carbocycles. The van der Waals surface area contributed by atoms with Gasteiger partial charge in [-0.15, -0.1) is 0 Å². The van der Waals surface area contributed by atoms with Crippen LogP contribution in [0.3, 0.4) is 0 Å². The predicted molar refractivity (Wildman–Crippen MR) is 120 cm³/mol. The summed E-state index contributed by atoms with van der Waals surface area (Å²) in [7, 11) is 0. The molecule has 1 aromatic carbocycles. The second-order valence-electron chi connectivity index (χ2n) is 8.07. The average molecular weight is 484 g/mol. The number of rotatable bonds is 10. The lowest BCUT2D eigenvalue weighted by Crippen LogP contribution is -2.47. The number of carbonyl (C=O) groups excluding carboxylic acids is 1. The fourth-order valence-electron chi connectivity index (χ4n) is 3.55. The van der Waals surface area contributed by atoms with E-state index in [4.69, 9.17) is 25.2 Å². The third-order valence-electron chi connectivity index (χ3n) is 5.49. The largest absolute Gasteiger partial charge is 0.487 e. The van der Waals surface area contributed by atoms with Gasteiger partial charge in [0.1, 0.15) is 18.0 Å². The first-order chi connectivity index (χ1) is 16.2. The number of para-hydroxylation sites is 1. The van der Waals surface area contributed by atoms with Gasteiger partial charge < -0.3 is 45.8 Å². The SMILES string of the molecule is O=C(O)[C@H](O)[C@@H](O)C(=O)O.O=C1NCCCN1CCCNCC(O)[C@H]1CCc2ccccc2O1. The van der Waals surface area contributed by atoms with Gasteiger partial charge in [-0.1, -0.05) is 18.2 Å². The molecule has 0 aliphatic carbocycles. The van der Waals surface area contributed by atoms with Crippen LogP contribution in [0.25, 0.3) is 0 Å². The molecule has 12 nitrogen and oxygen atoms in total. The maximum atomic E-state index is 11.6. The van der Waals surface area contributed by atoms with Crippen molar-refractivity contribution in [2.75, 3.05) is 32.7 Å². The van der Waals surface area contributed by atoms with Crippen LogP contribution in [0.2, 0.25) is 0 Å². The van der Waals surface area contributed by atoms with Crippen molar-refractivity contribution in [3.05, 3.63) is 29.8 Å². The second kappa shape index (κ2) is 13.7. The second-order valence-corrected chi connectivity index (χ2v) is 8.07. The number of hydrogen-bond acceptors (Lipinski definition) is 8. The quantitative estimate of drug-likeness (QED) is 0.204. The van der Waals surface area contributed by atoms with E-state index in [0.29, 0.717) is 6.54 Å². The standard InChI is InChI=1S/C18H27N3O3.C4H6O6/c22-15(17-8-7-14-5-1-2-6-16(14)24-17)13-19-9-3-11-21-12-4-10-20-18(21)23;5-1(3(7)8)2(6)4(9)10/h1-2,5-6,15,17,19,22H,3-4,7-13H2,(H,20,23);1-2,5-6H,(H,7,8)(H,9,10)/t15?,17-;1-,2-/m11/s1. The van der Waals surface area contributed by atoms with Crippen LogP contribution >= 0.6 is 0 Å². The molecule has 2 heterocycles. The van der Waals surface area contributed by atoms with Gasteiger partial charge in [-0.2, -0.15) is 0 Å². The summed E-state index contributed by atoms with van der Waals surface area (Å²) in [6.45, 7) is 3.67. The van der Waals surface area contributed by atoms with Crippen LogP contribution in [0.15, 0.2) is 24.3 Å². The van der Waals surface area contributed by atoms with Crippen LogP contribution in [0.4, 0.5) is 4.79 Å². The summed E-state index contributed by atoms with van der Waals surface area (Å²) in [5.41, 5.74) is 1.22. The maximum absolute atomic E-state index is 11.6. The van der Waals surface area contributed by atoms with E-state index in [1.807, 2.05) is 23.1 Å². The molecule has 1 fully saturated rings. The van der Waals surface area contributed by atoms with Crippen LogP contribution in [-0.4, -0.2) is 106 Å². The molecular weight excluding hydrogens is 450 g/mol. The number of aryl methyl sites for hydroxylation is 1. The van der Waals surface area contributed by atoms with E-state index >= 15 is 0 Å². The number of fused-ring (bicyclic) bond motifs is 1. The minimum absolute atomic E-state index is 0.0376. The predicted octanol–water partition coefficient (Wildman–Crippen LogP) is -0.986. The first-order valence-corrected chi connectivity index (χ1v) is 11.2. The van der Waals surface area contributed by atoms with Gasteiger partial charge in [0.2, 0.25) is 0 Å². The van der Waals surface area contributed by atoms with Gasteiger partial charge in [0.05, 0.1) is 0 Å². The number of carboxylic acid groups (broad SMARTS) is 2. The summed E-state index contributed by atoms with van der Waals surface area (Å²) in [5, 5.41) is 49.0. The van der Waals surface area contributed by atoms with Crippen LogP contribution in [0.1, 0.15) is 24.8 Å². The number of aliphatic hydroxyl groups excluding tert-OH is 3. The smallest absolute Gasteiger partial charge is 0.335 e. The van der Waals surface area contributed by atoms with Crippen molar-refractivity contribution < 1.29 is 44.7 Å². The molecule has 2 aliphatic rings. The number of nitrogens with zero attached hydrogens (tertiary/aromatic N) is 1. The molecule has 1 unspecified atom stereocenters. The Morgan fingerprint density at radius 2 is 1.82 bits per heavy atom. The van der Waals surface area contributed by atoms with Crippen molar-refractivity contribution in [2.24, 2.45) is 0 Å². The van der Waals surface area contributed by atoms with Crippen molar-refractivity contribution in [1.82, 2.24) is 15.5 Å². The van der Waals surface area contributed by atoms with E-state index in [2.05, 4.69) is 16.7 Å². The lowest BCUT2D eigenvalue weighted by atomic mass is 9.99. The number of benzene rings is 1. The molecule has 0 radical (unpaired) electrons. The van der Waals surface area contributed by atoms with Crippen molar-refractivity contribution in [3.8, 4) is 5.75 Å². The van der Waals surface area contributed by atoms with Gasteiger partial charge in [-0.05, 0) is 43.9 Å². The van der Waals surface area contributed by atoms with E-state index < -0.39 is 30.3 Å². The number of hydrogen-bond donors (Lipinski definition) is 7. The van der Waals surface area contributed by atoms with Gasteiger partial charge in [0.25, 0.3) is 0 Å². The highest BCUT2D eigenvalue weighted by Gasteiger charge is 2.29. The normalized spacial score (nSPS) is 19.9. The van der Waals surface area contributed by atoms with Gasteiger partial charge in [-0.25, -0.2) is 14.4 Å². The monoisotopic (exact) mass is 483 g/mol. The van der Waals surface area contributed by atoms with Gasteiger partial charge in [0, 0.05) is 26.2 Å². The van der Waals surface area contributed by atoms with Gasteiger partial charge in [0.15, 0.2) is 12.2 Å². The highest BCUT2D eigenvalue weighted by Crippen LogP contribution is 2.28. The Bertz CT molecular complexity index is 805. The van der Waals surface area contributed by atoms with Crippen LogP contribution in [0, 0.1) is 0 Å². The fraction of sp³-hybridized carbons (Fsp3) is 0.591. The van der Waals surface area contributed by atoms with Crippen LogP contribution in [0.5, 0.6) is 5.75 Å². The summed E-state index contributed by atoms with van der Waals surface area (Å²) in [6.07, 6.45) is -1.52. The molecule has 4 atom stereocenters. The highest BCUT2D eigenvalue weighted by atomic mass is 16.5. The Kier molecular flexibility index (Phi) is 11.0. The molecule has 2 amide bonds. The Morgan fingerprint density at radius 1 is 1.15 bits per heavy atom. The zero-order chi connectivity index (χ0) is 25.1. The average Bonchev–Trinajstić information content (AvgIpc) is 2.83. The number of ether oxygens (including phenoxy) is 1. The van der Waals surface area contributed by atoms with Gasteiger partial charge >= 0.3 is 18.0 Å². The summed E-state index contributed by atoms with van der Waals surface area (Å²) >= 11 is 0. The first kappa shape index (κ1) is 27.3. The number of aliphatic hydroxyl groups is 3. The Balaban J connectivity index is 0.000000347. The Hall–Kier alpha value is -2.93. The summed E-state index contributed by atoms with van der Waals surface area (Å²) < 4.78 is 5.91. The lowest BCUT2D eigenvalue weighted by Gasteiger charge is -2.30. The molecule has 1 saturated heterocycles. The third-order valence-corrected chi connectivity index (χ3v) is 5.49. The highest BCUT2D eigenvalue weighted by molar-refractivity contribution is 5.83. The number of carboxylic acids is 2. The maximum Gasteiger partial charge on any atom is 0.335 e. The summed E-state index contributed by atoms with van der Waals surface area (Å²) in [4.78, 5) is 33.0. The minimum Gasteiger partial charge on any atom is -0.487 e. The molecular formula is C22H33N3O9. The zero-order valence-electron chi connectivity index (χ0n) is 18.8. The topological polar surface area (TPSA) is 189 Å². The van der Waals surface area contributed by atoms with Crippen molar-refractivity contribution in [3.63, 3.8) is 0 Å². The number of nitrogens with one attached hydrogen (secondary N) is 2. The number of urea groups is 1. The van der Waals surface area contributed by atoms with Crippen molar-refractivity contribution >= 4 is 18.0 Å². The number of aliphatic carboxylic acids is 2. The molecule has 190 valence electrons. The molecule has 7 N–H and O–H groups in total. The van der Waals surface area contributed by atoms with Crippen LogP contribution < -0.4 is 15.4 Å². The van der Waals surface area contributed by atoms with E-state index in [1.54, 1.807) is 0 Å². The molecule has 0 bridgehead atoms. The van der Waals surface area contributed by atoms with Crippen LogP contribution in [-0.2, 0) is 16.0 Å². The van der Waals surface area contributed by atoms with E-state index in [9.17, 15) is 19.5 Å². The van der Waals surface area contributed by atoms with E-state index in [-0.39, 0.29) is 12.1 Å². The molecule has 2 aliphatic heterocycles. The molecule has 3 rings (SSSR count). The molecule has 0 aromatic heterocycles. The Labute approximate surface area is 197 Å².